The minimum atomic E-state index is 0.504. The molecule has 1 unspecified atom stereocenters. The molecule has 0 heterocycles. The Balaban J connectivity index is 1.85. The smallest absolute Gasteiger partial charge is 0.0401 e. The fourth-order valence-corrected chi connectivity index (χ4v) is 4.17. The van der Waals surface area contributed by atoms with Gasteiger partial charge in [-0.3, -0.25) is 0 Å². The van der Waals surface area contributed by atoms with Crippen molar-refractivity contribution < 1.29 is 0 Å². The zero-order valence-corrected chi connectivity index (χ0v) is 13.9. The van der Waals surface area contributed by atoms with Gasteiger partial charge in [0.05, 0.1) is 0 Å². The molecule has 0 amide bonds. The molecule has 0 radical (unpaired) electrons. The highest BCUT2D eigenvalue weighted by atomic mass is 79.9. The van der Waals surface area contributed by atoms with E-state index in [2.05, 4.69) is 53.2 Å². The number of hydrogen-bond donors (Lipinski definition) is 0. The van der Waals surface area contributed by atoms with E-state index in [1.165, 1.54) is 55.9 Å². The number of benzene rings is 2. The van der Waals surface area contributed by atoms with Crippen LogP contribution in [-0.4, -0.2) is 0 Å². The highest BCUT2D eigenvalue weighted by Crippen LogP contribution is 2.39. The molecule has 0 spiro atoms. The largest absolute Gasteiger partial charge is 0.0839 e. The molecule has 0 saturated heterocycles. The Bertz CT molecular complexity index is 590. The summed E-state index contributed by atoms with van der Waals surface area (Å²) in [6.07, 6.45) is 9.06. The molecule has 0 fully saturated rings. The summed E-state index contributed by atoms with van der Waals surface area (Å²) >= 11 is 3.93. The Morgan fingerprint density at radius 3 is 2.60 bits per heavy atom. The molecule has 0 N–H and O–H groups in total. The number of rotatable bonds is 6. The third kappa shape index (κ3) is 2.65. The van der Waals surface area contributed by atoms with E-state index in [4.69, 9.17) is 0 Å². The third-order valence-electron chi connectivity index (χ3n) is 4.56. The van der Waals surface area contributed by atoms with Crippen LogP contribution in [0.5, 0.6) is 0 Å². The Morgan fingerprint density at radius 1 is 1.00 bits per heavy atom. The van der Waals surface area contributed by atoms with Crippen molar-refractivity contribution in [3.05, 3.63) is 47.0 Å². The predicted octanol–water partition coefficient (Wildman–Crippen LogP) is 6.34. The van der Waals surface area contributed by atoms with Crippen LogP contribution in [0.25, 0.3) is 10.8 Å². The molecule has 2 aromatic rings. The van der Waals surface area contributed by atoms with Crippen molar-refractivity contribution >= 4 is 26.7 Å². The van der Waals surface area contributed by atoms with Crippen molar-refractivity contribution in [2.24, 2.45) is 0 Å². The van der Waals surface area contributed by atoms with E-state index in [0.717, 1.165) is 0 Å². The summed E-state index contributed by atoms with van der Waals surface area (Å²) in [6, 6.07) is 11.5. The second kappa shape index (κ2) is 6.30. The van der Waals surface area contributed by atoms with Crippen LogP contribution in [0.1, 0.15) is 60.5 Å². The summed E-state index contributed by atoms with van der Waals surface area (Å²) in [5.74, 6) is 0. The van der Waals surface area contributed by atoms with E-state index < -0.39 is 0 Å². The van der Waals surface area contributed by atoms with Crippen LogP contribution in [0.15, 0.2) is 30.3 Å². The number of halogens is 1. The molecule has 0 bridgehead atoms. The lowest BCUT2D eigenvalue weighted by Crippen LogP contribution is -1.93. The Hall–Kier alpha value is -0.820. The summed E-state index contributed by atoms with van der Waals surface area (Å²) < 4.78 is 0. The molecule has 106 valence electrons. The van der Waals surface area contributed by atoms with Gasteiger partial charge in [-0.1, -0.05) is 78.9 Å². The molecule has 2 aromatic carbocycles. The molecule has 1 atom stereocenters. The highest BCUT2D eigenvalue weighted by molar-refractivity contribution is 9.09. The normalized spacial score (nSPS) is 14.9. The topological polar surface area (TPSA) is 0 Å². The van der Waals surface area contributed by atoms with Crippen molar-refractivity contribution in [2.45, 2.75) is 56.7 Å². The van der Waals surface area contributed by atoms with E-state index in [9.17, 15) is 0 Å². The standard InChI is InChI=1S/C19H23Br/c1-2-3-4-5-9-18(20)16-13-12-15-11-10-14-7-6-8-17(16)19(14)15/h6-8,12-13,18H,2-5,9-11H2,1H3. The number of unbranched alkanes of at least 4 members (excludes halogenated alkanes) is 3. The van der Waals surface area contributed by atoms with Gasteiger partial charge in [-0.25, -0.2) is 0 Å². The third-order valence-corrected chi connectivity index (χ3v) is 5.51. The van der Waals surface area contributed by atoms with Crippen LogP contribution in [-0.2, 0) is 12.8 Å². The first-order valence-electron chi connectivity index (χ1n) is 7.98. The molecule has 0 saturated carbocycles. The zero-order chi connectivity index (χ0) is 13.9. The van der Waals surface area contributed by atoms with Crippen LogP contribution in [0.4, 0.5) is 0 Å². The van der Waals surface area contributed by atoms with E-state index in [0.29, 0.717) is 4.83 Å². The van der Waals surface area contributed by atoms with Gasteiger partial charge >= 0.3 is 0 Å². The van der Waals surface area contributed by atoms with Gasteiger partial charge in [0.1, 0.15) is 0 Å². The van der Waals surface area contributed by atoms with Crippen molar-refractivity contribution in [3.8, 4) is 0 Å². The van der Waals surface area contributed by atoms with Gasteiger partial charge in [-0.2, -0.15) is 0 Å². The van der Waals surface area contributed by atoms with Gasteiger partial charge < -0.3 is 0 Å². The van der Waals surface area contributed by atoms with Crippen molar-refractivity contribution in [1.82, 2.24) is 0 Å². The van der Waals surface area contributed by atoms with Crippen LogP contribution in [0.3, 0.4) is 0 Å². The number of alkyl halides is 1. The molecule has 1 heteroatoms. The van der Waals surface area contributed by atoms with E-state index >= 15 is 0 Å². The molecular formula is C19H23Br. The van der Waals surface area contributed by atoms with Crippen molar-refractivity contribution in [2.75, 3.05) is 0 Å². The summed E-state index contributed by atoms with van der Waals surface area (Å²) in [6.45, 7) is 2.27. The summed E-state index contributed by atoms with van der Waals surface area (Å²) in [5, 5.41) is 3.03. The summed E-state index contributed by atoms with van der Waals surface area (Å²) in [4.78, 5) is 0.504. The van der Waals surface area contributed by atoms with E-state index in [1.54, 1.807) is 16.5 Å². The van der Waals surface area contributed by atoms with E-state index in [1.807, 2.05) is 0 Å². The minimum absolute atomic E-state index is 0.504. The Kier molecular flexibility index (Phi) is 4.45. The molecule has 0 nitrogen and oxygen atoms in total. The van der Waals surface area contributed by atoms with Gasteiger partial charge in [-0.05, 0) is 46.7 Å². The molecule has 20 heavy (non-hydrogen) atoms. The average Bonchev–Trinajstić information content (AvgIpc) is 2.89. The predicted molar refractivity (Wildman–Crippen MR) is 91.8 cm³/mol. The maximum absolute atomic E-state index is 3.93. The first-order chi connectivity index (χ1) is 9.81. The molecule has 1 aliphatic rings. The second-order valence-corrected chi connectivity index (χ2v) is 7.08. The maximum atomic E-state index is 3.93. The molecular weight excluding hydrogens is 308 g/mol. The summed E-state index contributed by atoms with van der Waals surface area (Å²) in [7, 11) is 0. The van der Waals surface area contributed by atoms with Crippen LogP contribution < -0.4 is 0 Å². The second-order valence-electron chi connectivity index (χ2n) is 5.97. The highest BCUT2D eigenvalue weighted by Gasteiger charge is 2.18. The first-order valence-corrected chi connectivity index (χ1v) is 8.90. The monoisotopic (exact) mass is 330 g/mol. The minimum Gasteiger partial charge on any atom is -0.0839 e. The Morgan fingerprint density at radius 2 is 1.80 bits per heavy atom. The van der Waals surface area contributed by atoms with Crippen LogP contribution >= 0.6 is 15.9 Å². The lowest BCUT2D eigenvalue weighted by molar-refractivity contribution is 0.631. The SMILES string of the molecule is CCCCCCC(Br)c1ccc2c3c(cccc13)CC2. The van der Waals surface area contributed by atoms with E-state index in [-0.39, 0.29) is 0 Å². The van der Waals surface area contributed by atoms with Gasteiger partial charge in [0.25, 0.3) is 0 Å². The molecule has 3 rings (SSSR count). The fraction of sp³-hybridized carbons (Fsp3) is 0.474. The van der Waals surface area contributed by atoms with Gasteiger partial charge in [0, 0.05) is 4.83 Å². The van der Waals surface area contributed by atoms with Gasteiger partial charge in [0.15, 0.2) is 0 Å². The number of hydrogen-bond acceptors (Lipinski definition) is 0. The van der Waals surface area contributed by atoms with Crippen LogP contribution in [0, 0.1) is 0 Å². The van der Waals surface area contributed by atoms with Gasteiger partial charge in [0.2, 0.25) is 0 Å². The maximum Gasteiger partial charge on any atom is 0.0401 e. The lowest BCUT2D eigenvalue weighted by atomic mass is 9.96. The number of aryl methyl sites for hydroxylation is 2. The first kappa shape index (κ1) is 14.1. The Labute approximate surface area is 130 Å². The molecule has 0 aromatic heterocycles. The lowest BCUT2D eigenvalue weighted by Gasteiger charge is -2.14. The van der Waals surface area contributed by atoms with Crippen molar-refractivity contribution in [3.63, 3.8) is 0 Å². The van der Waals surface area contributed by atoms with Crippen LogP contribution in [0.2, 0.25) is 0 Å². The molecule has 0 aliphatic heterocycles. The summed E-state index contributed by atoms with van der Waals surface area (Å²) in [5.41, 5.74) is 4.58. The quantitative estimate of drug-likeness (QED) is 0.428. The zero-order valence-electron chi connectivity index (χ0n) is 12.3. The average molecular weight is 331 g/mol. The van der Waals surface area contributed by atoms with Crippen molar-refractivity contribution in [1.29, 1.82) is 0 Å². The molecule has 1 aliphatic carbocycles. The van der Waals surface area contributed by atoms with Gasteiger partial charge in [-0.15, -0.1) is 0 Å². The fourth-order valence-electron chi connectivity index (χ4n) is 3.45.